The van der Waals surface area contributed by atoms with Crippen LogP contribution in [0.5, 0.6) is 0 Å². The lowest BCUT2D eigenvalue weighted by atomic mass is 9.93. The van der Waals surface area contributed by atoms with Gasteiger partial charge in [0.25, 0.3) is 5.22 Å². The molecule has 7 heteroatoms. The van der Waals surface area contributed by atoms with Gasteiger partial charge in [0, 0.05) is 6.42 Å². The predicted octanol–water partition coefficient (Wildman–Crippen LogP) is 2.61. The summed E-state index contributed by atoms with van der Waals surface area (Å²) < 4.78 is 11.1. The van der Waals surface area contributed by atoms with Gasteiger partial charge in [-0.2, -0.15) is 0 Å². The molecular formula is C16H15N3O3S. The van der Waals surface area contributed by atoms with Crippen LogP contribution in [0.4, 0.5) is 0 Å². The number of hydrogen-bond donors (Lipinski definition) is 1. The van der Waals surface area contributed by atoms with E-state index in [0.717, 1.165) is 23.1 Å². The van der Waals surface area contributed by atoms with Crippen LogP contribution < -0.4 is 5.73 Å². The summed E-state index contributed by atoms with van der Waals surface area (Å²) in [6.07, 6.45) is 2.16. The summed E-state index contributed by atoms with van der Waals surface area (Å²) >= 11 is 1.13. The second-order valence-electron chi connectivity index (χ2n) is 4.90. The van der Waals surface area contributed by atoms with Crippen molar-refractivity contribution in [2.45, 2.75) is 17.6 Å². The van der Waals surface area contributed by atoms with E-state index in [1.807, 2.05) is 42.5 Å². The fourth-order valence-electron chi connectivity index (χ4n) is 2.24. The fourth-order valence-corrected chi connectivity index (χ4v) is 2.76. The second kappa shape index (κ2) is 7.15. The van der Waals surface area contributed by atoms with Crippen molar-refractivity contribution in [3.63, 3.8) is 0 Å². The average Bonchev–Trinajstić information content (AvgIpc) is 3.23. The van der Waals surface area contributed by atoms with Gasteiger partial charge in [-0.25, -0.2) is 0 Å². The topological polar surface area (TPSA) is 95.2 Å². The predicted molar refractivity (Wildman–Crippen MR) is 84.9 cm³/mol. The van der Waals surface area contributed by atoms with Crippen molar-refractivity contribution in [1.29, 1.82) is 0 Å². The molecule has 1 aromatic carbocycles. The Morgan fingerprint density at radius 1 is 1.17 bits per heavy atom. The molecule has 1 amide bonds. The van der Waals surface area contributed by atoms with Crippen LogP contribution in [0.3, 0.4) is 0 Å². The molecule has 0 radical (unpaired) electrons. The Morgan fingerprint density at radius 3 is 2.70 bits per heavy atom. The number of nitrogens with zero attached hydrogens (tertiary/aromatic N) is 2. The van der Waals surface area contributed by atoms with E-state index in [2.05, 4.69) is 10.2 Å². The van der Waals surface area contributed by atoms with Crippen molar-refractivity contribution >= 4 is 17.7 Å². The first-order valence-corrected chi connectivity index (χ1v) is 8.03. The third-order valence-electron chi connectivity index (χ3n) is 3.25. The number of benzene rings is 1. The van der Waals surface area contributed by atoms with E-state index >= 15 is 0 Å². The maximum atomic E-state index is 10.8. The number of amides is 1. The Kier molecular flexibility index (Phi) is 4.77. The number of thioether (sulfide) groups is 1. The van der Waals surface area contributed by atoms with Crippen LogP contribution in [0.15, 0.2) is 62.8 Å². The van der Waals surface area contributed by atoms with Crippen LogP contribution in [-0.2, 0) is 11.2 Å². The molecule has 3 rings (SSSR count). The van der Waals surface area contributed by atoms with E-state index in [-0.39, 0.29) is 11.7 Å². The average molecular weight is 329 g/mol. The molecule has 0 fully saturated rings. The molecule has 23 heavy (non-hydrogen) atoms. The zero-order chi connectivity index (χ0) is 16.1. The fraction of sp³-hybridized carbons (Fsp3) is 0.188. The Morgan fingerprint density at radius 2 is 2.00 bits per heavy atom. The van der Waals surface area contributed by atoms with Gasteiger partial charge in [-0.05, 0) is 17.7 Å². The van der Waals surface area contributed by atoms with Crippen molar-refractivity contribution in [3.8, 4) is 0 Å². The molecule has 2 aromatic heterocycles. The minimum absolute atomic E-state index is 0.0133. The highest BCUT2D eigenvalue weighted by atomic mass is 32.2. The Hall–Kier alpha value is -2.54. The number of nitrogens with two attached hydrogens (primary N) is 1. The van der Waals surface area contributed by atoms with Crippen molar-refractivity contribution in [1.82, 2.24) is 10.2 Å². The van der Waals surface area contributed by atoms with E-state index in [1.165, 1.54) is 0 Å². The first-order chi connectivity index (χ1) is 11.2. The zero-order valence-corrected chi connectivity index (χ0v) is 13.0. The van der Waals surface area contributed by atoms with Crippen LogP contribution in [0.1, 0.15) is 23.1 Å². The minimum atomic E-state index is -0.424. The Bertz CT molecular complexity index is 756. The lowest BCUT2D eigenvalue weighted by Crippen LogP contribution is -2.12. The van der Waals surface area contributed by atoms with Crippen LogP contribution in [-0.4, -0.2) is 21.9 Å². The largest absolute Gasteiger partial charge is 0.469 e. The zero-order valence-electron chi connectivity index (χ0n) is 12.2. The lowest BCUT2D eigenvalue weighted by Gasteiger charge is -2.12. The first kappa shape index (κ1) is 15.4. The van der Waals surface area contributed by atoms with Gasteiger partial charge in [0.1, 0.15) is 5.76 Å². The normalized spacial score (nSPS) is 12.2. The molecular weight excluding hydrogens is 314 g/mol. The summed E-state index contributed by atoms with van der Waals surface area (Å²) in [5.41, 5.74) is 6.21. The van der Waals surface area contributed by atoms with Crippen molar-refractivity contribution < 1.29 is 13.6 Å². The molecule has 0 spiro atoms. The molecule has 1 atom stereocenters. The third kappa shape index (κ3) is 4.01. The van der Waals surface area contributed by atoms with E-state index in [1.54, 1.807) is 6.26 Å². The van der Waals surface area contributed by atoms with E-state index in [9.17, 15) is 4.79 Å². The van der Waals surface area contributed by atoms with Gasteiger partial charge in [0.2, 0.25) is 11.8 Å². The molecule has 2 heterocycles. The van der Waals surface area contributed by atoms with Crippen LogP contribution >= 0.6 is 11.8 Å². The SMILES string of the molecule is NC(=O)CSc1nnc(CC(c2ccccc2)c2ccco2)o1. The maximum absolute atomic E-state index is 10.8. The van der Waals surface area contributed by atoms with Gasteiger partial charge in [-0.15, -0.1) is 10.2 Å². The summed E-state index contributed by atoms with van der Waals surface area (Å²) in [4.78, 5) is 10.8. The van der Waals surface area contributed by atoms with Crippen LogP contribution in [0.25, 0.3) is 0 Å². The monoisotopic (exact) mass is 329 g/mol. The molecule has 6 nitrogen and oxygen atoms in total. The highest BCUT2D eigenvalue weighted by Crippen LogP contribution is 2.29. The molecule has 0 aliphatic rings. The Balaban J connectivity index is 1.78. The van der Waals surface area contributed by atoms with E-state index in [0.29, 0.717) is 17.5 Å². The molecule has 0 saturated carbocycles. The summed E-state index contributed by atoms with van der Waals surface area (Å²) in [5, 5.41) is 8.30. The number of primary amides is 1. The summed E-state index contributed by atoms with van der Waals surface area (Å²) in [6, 6.07) is 13.8. The van der Waals surface area contributed by atoms with Gasteiger partial charge < -0.3 is 14.6 Å². The van der Waals surface area contributed by atoms with Gasteiger partial charge >= 0.3 is 0 Å². The number of hydrogen-bond acceptors (Lipinski definition) is 6. The molecule has 0 bridgehead atoms. The minimum Gasteiger partial charge on any atom is -0.469 e. The third-order valence-corrected chi connectivity index (χ3v) is 4.09. The van der Waals surface area contributed by atoms with Crippen molar-refractivity contribution in [2.75, 3.05) is 5.75 Å². The highest BCUT2D eigenvalue weighted by molar-refractivity contribution is 7.99. The van der Waals surface area contributed by atoms with Crippen LogP contribution in [0, 0.1) is 0 Å². The Labute approximate surface area is 137 Å². The van der Waals surface area contributed by atoms with Gasteiger partial charge in [-0.3, -0.25) is 4.79 Å². The highest BCUT2D eigenvalue weighted by Gasteiger charge is 2.21. The van der Waals surface area contributed by atoms with Gasteiger partial charge in [0.05, 0.1) is 17.9 Å². The van der Waals surface area contributed by atoms with Crippen molar-refractivity contribution in [2.24, 2.45) is 5.73 Å². The number of carbonyl (C=O) groups excluding carboxylic acids is 1. The first-order valence-electron chi connectivity index (χ1n) is 7.04. The molecule has 0 saturated heterocycles. The summed E-state index contributed by atoms with van der Waals surface area (Å²) in [7, 11) is 0. The number of furan rings is 1. The molecule has 1 unspecified atom stereocenters. The van der Waals surface area contributed by atoms with Crippen molar-refractivity contribution in [3.05, 3.63) is 65.9 Å². The molecule has 118 valence electrons. The van der Waals surface area contributed by atoms with Crippen LogP contribution in [0.2, 0.25) is 0 Å². The van der Waals surface area contributed by atoms with E-state index < -0.39 is 5.91 Å². The summed E-state index contributed by atoms with van der Waals surface area (Å²) in [5.74, 6) is 0.998. The van der Waals surface area contributed by atoms with E-state index in [4.69, 9.17) is 14.6 Å². The smallest absolute Gasteiger partial charge is 0.277 e. The lowest BCUT2D eigenvalue weighted by molar-refractivity contribution is -0.115. The second-order valence-corrected chi connectivity index (χ2v) is 5.83. The number of carbonyl (C=O) groups is 1. The molecule has 0 aliphatic carbocycles. The standard InChI is InChI=1S/C16H15N3O3S/c17-14(20)10-23-16-19-18-15(22-16)9-12(13-7-4-8-21-13)11-5-2-1-3-6-11/h1-8,12H,9-10H2,(H2,17,20). The quantitative estimate of drug-likeness (QED) is 0.669. The summed E-state index contributed by atoms with van der Waals surface area (Å²) in [6.45, 7) is 0. The molecule has 0 aliphatic heterocycles. The van der Waals surface area contributed by atoms with Gasteiger partial charge in [-0.1, -0.05) is 42.1 Å². The molecule has 3 aromatic rings. The molecule has 2 N–H and O–H groups in total. The maximum Gasteiger partial charge on any atom is 0.277 e. The number of aromatic nitrogens is 2. The number of rotatable bonds is 7. The van der Waals surface area contributed by atoms with Gasteiger partial charge in [0.15, 0.2) is 0 Å².